The van der Waals surface area contributed by atoms with E-state index in [4.69, 9.17) is 0 Å². The van der Waals surface area contributed by atoms with Crippen molar-refractivity contribution in [1.82, 2.24) is 20.1 Å². The van der Waals surface area contributed by atoms with Crippen LogP contribution in [0.1, 0.15) is 15.6 Å². The first kappa shape index (κ1) is 18.4. The molecule has 130 valence electrons. The molecule has 2 heterocycles. The molecule has 0 aliphatic carbocycles. The van der Waals surface area contributed by atoms with Gasteiger partial charge in [0.1, 0.15) is 6.54 Å². The number of thiophene rings is 1. The number of hydrogen-bond donors (Lipinski definition) is 1. The number of rotatable bonds is 6. The number of hydrogen-bond acceptors (Lipinski definition) is 5. The molecule has 1 amide bonds. The highest BCUT2D eigenvalue weighted by Gasteiger charge is 2.11. The zero-order valence-corrected chi connectivity index (χ0v) is 16.1. The van der Waals surface area contributed by atoms with E-state index in [1.165, 1.54) is 4.88 Å². The number of aliphatic imine (C=N–C) groups is 1. The van der Waals surface area contributed by atoms with E-state index in [0.717, 1.165) is 10.7 Å². The molecule has 0 saturated heterocycles. The largest absolute Gasteiger partial charge is 0.351 e. The minimum Gasteiger partial charge on any atom is -0.351 e. The summed E-state index contributed by atoms with van der Waals surface area (Å²) in [7, 11) is 5.42. The highest BCUT2D eigenvalue weighted by atomic mass is 32.1. The quantitative estimate of drug-likeness (QED) is 0.630. The molecule has 0 spiro atoms. The zero-order chi connectivity index (χ0) is 17.5. The predicted octanol–water partition coefficient (Wildman–Crippen LogP) is 2.18. The predicted molar refractivity (Wildman–Crippen MR) is 100 cm³/mol. The van der Waals surface area contributed by atoms with Crippen molar-refractivity contribution in [2.24, 2.45) is 4.99 Å². The van der Waals surface area contributed by atoms with Gasteiger partial charge in [-0.3, -0.25) is 4.79 Å². The fourth-order valence-corrected chi connectivity index (χ4v) is 3.22. The molecule has 0 radical (unpaired) electrons. The van der Waals surface area contributed by atoms with Gasteiger partial charge in [-0.2, -0.15) is 0 Å². The third-order valence-corrected chi connectivity index (χ3v) is 4.99. The summed E-state index contributed by atoms with van der Waals surface area (Å²) < 4.78 is 0. The molecule has 0 bridgehead atoms. The van der Waals surface area contributed by atoms with Gasteiger partial charge >= 0.3 is 0 Å². The number of carbonyl (C=O) groups is 1. The molecule has 0 saturated carbocycles. The second-order valence-electron chi connectivity index (χ2n) is 5.57. The molecule has 0 atom stereocenters. The van der Waals surface area contributed by atoms with Gasteiger partial charge in [0.15, 0.2) is 5.96 Å². The van der Waals surface area contributed by atoms with Crippen LogP contribution in [0.5, 0.6) is 0 Å². The lowest BCUT2D eigenvalue weighted by atomic mass is 10.4. The van der Waals surface area contributed by atoms with Crippen molar-refractivity contribution in [3.63, 3.8) is 0 Å². The Labute approximate surface area is 150 Å². The van der Waals surface area contributed by atoms with Gasteiger partial charge in [-0.25, -0.2) is 9.98 Å². The maximum Gasteiger partial charge on any atom is 0.243 e. The molecular formula is C16H23N5OS2. The molecule has 24 heavy (non-hydrogen) atoms. The number of guanidine groups is 1. The molecular weight excluding hydrogens is 342 g/mol. The number of aromatic nitrogens is 1. The SMILES string of the molecule is Cc1nc(CN(C)C(=NCC(=O)N(C)C)NCc2cccs2)cs1. The summed E-state index contributed by atoms with van der Waals surface area (Å²) >= 11 is 3.33. The zero-order valence-electron chi connectivity index (χ0n) is 14.4. The van der Waals surface area contributed by atoms with Crippen LogP contribution < -0.4 is 5.32 Å². The lowest BCUT2D eigenvalue weighted by Gasteiger charge is -2.21. The minimum atomic E-state index is -0.0247. The van der Waals surface area contributed by atoms with E-state index in [9.17, 15) is 4.79 Å². The first-order valence-corrected chi connectivity index (χ1v) is 9.34. The monoisotopic (exact) mass is 365 g/mol. The van der Waals surface area contributed by atoms with Crippen LogP contribution in [0, 0.1) is 6.92 Å². The smallest absolute Gasteiger partial charge is 0.243 e. The van der Waals surface area contributed by atoms with Crippen LogP contribution in [-0.4, -0.2) is 54.3 Å². The van der Waals surface area contributed by atoms with Crippen LogP contribution in [0.15, 0.2) is 27.9 Å². The lowest BCUT2D eigenvalue weighted by Crippen LogP contribution is -2.39. The van der Waals surface area contributed by atoms with Gasteiger partial charge < -0.3 is 15.1 Å². The van der Waals surface area contributed by atoms with Gasteiger partial charge in [0.2, 0.25) is 5.91 Å². The fraction of sp³-hybridized carbons (Fsp3) is 0.438. The topological polar surface area (TPSA) is 60.8 Å². The van der Waals surface area contributed by atoms with E-state index in [1.807, 2.05) is 35.7 Å². The number of thiazole rings is 1. The van der Waals surface area contributed by atoms with Crippen molar-refractivity contribution in [2.75, 3.05) is 27.7 Å². The van der Waals surface area contributed by atoms with E-state index in [0.29, 0.717) is 19.0 Å². The Kier molecular flexibility index (Phi) is 6.74. The molecule has 0 aromatic carbocycles. The van der Waals surface area contributed by atoms with Gasteiger partial charge in [0.05, 0.1) is 23.8 Å². The molecule has 0 aliphatic rings. The van der Waals surface area contributed by atoms with Crippen LogP contribution in [-0.2, 0) is 17.9 Å². The number of likely N-dealkylation sites (N-methyl/N-ethyl adjacent to an activating group) is 1. The molecule has 0 unspecified atom stereocenters. The van der Waals surface area contributed by atoms with Crippen molar-refractivity contribution in [2.45, 2.75) is 20.0 Å². The summed E-state index contributed by atoms with van der Waals surface area (Å²) in [6.07, 6.45) is 0. The molecule has 8 heteroatoms. The highest BCUT2D eigenvalue weighted by molar-refractivity contribution is 7.10. The van der Waals surface area contributed by atoms with Gasteiger partial charge in [-0.15, -0.1) is 22.7 Å². The Hall–Kier alpha value is -1.93. The van der Waals surface area contributed by atoms with Gasteiger partial charge in [-0.05, 0) is 18.4 Å². The fourth-order valence-electron chi connectivity index (χ4n) is 1.97. The number of nitrogens with zero attached hydrogens (tertiary/aromatic N) is 4. The molecule has 0 fully saturated rings. The average Bonchev–Trinajstić information content (AvgIpc) is 3.18. The second-order valence-corrected chi connectivity index (χ2v) is 7.67. The van der Waals surface area contributed by atoms with Crippen molar-refractivity contribution < 1.29 is 4.79 Å². The first-order chi connectivity index (χ1) is 11.5. The summed E-state index contributed by atoms with van der Waals surface area (Å²) in [5.74, 6) is 0.674. The first-order valence-electron chi connectivity index (χ1n) is 7.58. The van der Waals surface area contributed by atoms with Gasteiger partial charge in [-0.1, -0.05) is 6.07 Å². The number of aryl methyl sites for hydroxylation is 1. The van der Waals surface area contributed by atoms with Crippen molar-refractivity contribution in [3.05, 3.63) is 38.5 Å². The Balaban J connectivity index is 2.04. The maximum atomic E-state index is 11.8. The lowest BCUT2D eigenvalue weighted by molar-refractivity contribution is -0.127. The van der Waals surface area contributed by atoms with E-state index in [2.05, 4.69) is 21.4 Å². The van der Waals surface area contributed by atoms with Crippen molar-refractivity contribution in [1.29, 1.82) is 0 Å². The summed E-state index contributed by atoms with van der Waals surface area (Å²) in [4.78, 5) is 25.5. The van der Waals surface area contributed by atoms with Gasteiger partial charge in [0, 0.05) is 31.4 Å². The number of carbonyl (C=O) groups excluding carboxylic acids is 1. The molecule has 6 nitrogen and oxygen atoms in total. The summed E-state index contributed by atoms with van der Waals surface area (Å²) in [6.45, 7) is 3.46. The molecule has 1 N–H and O–H groups in total. The van der Waals surface area contributed by atoms with E-state index in [1.54, 1.807) is 41.7 Å². The van der Waals surface area contributed by atoms with E-state index < -0.39 is 0 Å². The third kappa shape index (κ3) is 5.61. The summed E-state index contributed by atoms with van der Waals surface area (Å²) in [6, 6.07) is 4.10. The average molecular weight is 366 g/mol. The van der Waals surface area contributed by atoms with E-state index in [-0.39, 0.29) is 12.5 Å². The van der Waals surface area contributed by atoms with Crippen molar-refractivity contribution >= 4 is 34.5 Å². The normalized spacial score (nSPS) is 11.4. The number of amides is 1. The second kappa shape index (κ2) is 8.79. The van der Waals surface area contributed by atoms with E-state index >= 15 is 0 Å². The molecule has 0 aliphatic heterocycles. The Morgan fingerprint density at radius 2 is 2.12 bits per heavy atom. The summed E-state index contributed by atoms with van der Waals surface area (Å²) in [5, 5.41) is 8.48. The minimum absolute atomic E-state index is 0.0247. The van der Waals surface area contributed by atoms with Crippen LogP contribution in [0.4, 0.5) is 0 Å². The molecule has 2 aromatic rings. The third-order valence-electron chi connectivity index (χ3n) is 3.29. The Morgan fingerprint density at radius 1 is 1.33 bits per heavy atom. The standard InChI is InChI=1S/C16H23N5OS2/c1-12-19-13(11-24-12)10-21(4)16(18-9-15(22)20(2)3)17-8-14-6-5-7-23-14/h5-7,11H,8-10H2,1-4H3,(H,17,18). The van der Waals surface area contributed by atoms with Crippen LogP contribution >= 0.6 is 22.7 Å². The van der Waals surface area contributed by atoms with Crippen LogP contribution in [0.3, 0.4) is 0 Å². The molecule has 2 rings (SSSR count). The Bertz CT molecular complexity index is 678. The summed E-state index contributed by atoms with van der Waals surface area (Å²) in [5.41, 5.74) is 1.00. The number of nitrogens with one attached hydrogen (secondary N) is 1. The van der Waals surface area contributed by atoms with Gasteiger partial charge in [0.25, 0.3) is 0 Å². The molecule has 2 aromatic heterocycles. The van der Waals surface area contributed by atoms with Crippen LogP contribution in [0.25, 0.3) is 0 Å². The maximum absolute atomic E-state index is 11.8. The highest BCUT2D eigenvalue weighted by Crippen LogP contribution is 2.11. The Morgan fingerprint density at radius 3 is 2.71 bits per heavy atom. The van der Waals surface area contributed by atoms with Crippen molar-refractivity contribution in [3.8, 4) is 0 Å². The van der Waals surface area contributed by atoms with Crippen LogP contribution in [0.2, 0.25) is 0 Å².